The van der Waals surface area contributed by atoms with Gasteiger partial charge in [0.05, 0.1) is 11.3 Å². The zero-order valence-electron chi connectivity index (χ0n) is 9.36. The molecule has 0 aliphatic rings. The molecule has 0 aliphatic heterocycles. The maximum absolute atomic E-state index is 12.4. The summed E-state index contributed by atoms with van der Waals surface area (Å²) in [7, 11) is 1.51. The van der Waals surface area contributed by atoms with Crippen LogP contribution in [0.3, 0.4) is 0 Å². The van der Waals surface area contributed by atoms with Crippen molar-refractivity contribution in [1.82, 2.24) is 4.98 Å². The normalized spacial score (nSPS) is 11.8. The summed E-state index contributed by atoms with van der Waals surface area (Å²) in [4.78, 5) is 4.22. The van der Waals surface area contributed by atoms with E-state index in [1.54, 1.807) is 5.38 Å². The molecule has 18 heavy (non-hydrogen) atoms. The molecule has 0 N–H and O–H groups in total. The van der Waals surface area contributed by atoms with E-state index < -0.39 is 11.7 Å². The van der Waals surface area contributed by atoms with Gasteiger partial charge in [-0.3, -0.25) is 0 Å². The van der Waals surface area contributed by atoms with E-state index in [9.17, 15) is 13.2 Å². The Morgan fingerprint density at radius 1 is 1.22 bits per heavy atom. The van der Waals surface area contributed by atoms with Gasteiger partial charge < -0.3 is 4.74 Å². The number of thiazole rings is 1. The molecule has 2 nitrogen and oxygen atoms in total. The average Bonchev–Trinajstić information content (AvgIpc) is 2.77. The average molecular weight is 272 g/mol. The van der Waals surface area contributed by atoms with Crippen molar-refractivity contribution < 1.29 is 17.9 Å². The summed E-state index contributed by atoms with van der Waals surface area (Å²) in [6.07, 6.45) is -4.31. The van der Waals surface area contributed by atoms with Gasteiger partial charge in [-0.05, 0) is 12.1 Å². The number of hydrogen-bond donors (Lipinski definition) is 0. The van der Waals surface area contributed by atoms with Crippen molar-refractivity contribution in [3.63, 3.8) is 0 Å². The van der Waals surface area contributed by atoms with Crippen molar-refractivity contribution in [1.29, 1.82) is 0 Å². The fourth-order valence-corrected chi connectivity index (χ4v) is 2.17. The molecule has 1 aromatic carbocycles. The van der Waals surface area contributed by atoms with Gasteiger partial charge >= 0.3 is 6.18 Å². The van der Waals surface area contributed by atoms with E-state index in [-0.39, 0.29) is 0 Å². The summed E-state index contributed by atoms with van der Waals surface area (Å²) in [5.41, 5.74) is 0.646. The fraction of sp³-hybridized carbons (Fsp3) is 0.167. The van der Waals surface area contributed by atoms with Gasteiger partial charge in [0.2, 0.25) is 0 Å². The van der Waals surface area contributed by atoms with Gasteiger partial charge in [-0.15, -0.1) is 11.3 Å². The molecule has 0 unspecified atom stereocenters. The third-order valence-corrected chi connectivity index (χ3v) is 3.13. The topological polar surface area (TPSA) is 22.1 Å². The summed E-state index contributed by atoms with van der Waals surface area (Å²) in [5, 5.41) is 2.43. The molecule has 1 radical (unpaired) electrons. The van der Waals surface area contributed by atoms with E-state index in [4.69, 9.17) is 4.74 Å². The van der Waals surface area contributed by atoms with Crippen LogP contribution in [-0.4, -0.2) is 12.1 Å². The number of benzene rings is 1. The van der Waals surface area contributed by atoms with Crippen molar-refractivity contribution in [3.8, 4) is 10.6 Å². The number of nitrogens with zero attached hydrogens (tertiary/aromatic N) is 1. The van der Waals surface area contributed by atoms with Gasteiger partial charge in [0.1, 0.15) is 11.6 Å². The monoisotopic (exact) mass is 272 g/mol. The first-order valence-electron chi connectivity index (χ1n) is 5.00. The summed E-state index contributed by atoms with van der Waals surface area (Å²) < 4.78 is 42.0. The second-order valence-corrected chi connectivity index (χ2v) is 4.36. The van der Waals surface area contributed by atoms with Crippen LogP contribution >= 0.6 is 11.3 Å². The van der Waals surface area contributed by atoms with Crippen LogP contribution in [-0.2, 0) is 10.9 Å². The molecule has 6 heteroatoms. The summed E-state index contributed by atoms with van der Waals surface area (Å²) in [5.74, 6) is 0. The maximum atomic E-state index is 12.4. The van der Waals surface area contributed by atoms with Crippen LogP contribution in [0.2, 0.25) is 0 Å². The molecular weight excluding hydrogens is 263 g/mol. The minimum Gasteiger partial charge on any atom is -0.372 e. The Bertz CT molecular complexity index is 519. The van der Waals surface area contributed by atoms with E-state index in [0.717, 1.165) is 12.1 Å². The first kappa shape index (κ1) is 13.0. The molecular formula is C12H9F3NOS. The van der Waals surface area contributed by atoms with Gasteiger partial charge in [0, 0.05) is 18.1 Å². The van der Waals surface area contributed by atoms with Crippen LogP contribution in [0.1, 0.15) is 11.3 Å². The first-order valence-corrected chi connectivity index (χ1v) is 5.88. The molecule has 1 heterocycles. The highest BCUT2D eigenvalue weighted by atomic mass is 32.1. The molecule has 2 rings (SSSR count). The second-order valence-electron chi connectivity index (χ2n) is 3.51. The minimum absolute atomic E-state index is 0.650. The predicted octanol–water partition coefficient (Wildman–Crippen LogP) is 3.99. The van der Waals surface area contributed by atoms with Crippen molar-refractivity contribution in [2.24, 2.45) is 0 Å². The Morgan fingerprint density at radius 2 is 1.89 bits per heavy atom. The third-order valence-electron chi connectivity index (χ3n) is 2.22. The minimum atomic E-state index is -4.31. The number of rotatable bonds is 3. The number of aromatic nitrogens is 1. The van der Waals surface area contributed by atoms with E-state index >= 15 is 0 Å². The summed E-state index contributed by atoms with van der Waals surface area (Å²) in [6.45, 7) is 1.48. The number of methoxy groups -OCH3 is 1. The molecule has 2 aromatic rings. The highest BCUT2D eigenvalue weighted by Crippen LogP contribution is 2.31. The van der Waals surface area contributed by atoms with Crippen LogP contribution in [0.15, 0.2) is 29.6 Å². The predicted molar refractivity (Wildman–Crippen MR) is 63.0 cm³/mol. The molecule has 0 amide bonds. The van der Waals surface area contributed by atoms with Crippen molar-refractivity contribution in [3.05, 3.63) is 47.5 Å². The number of halogens is 3. The van der Waals surface area contributed by atoms with Crippen molar-refractivity contribution in [2.45, 2.75) is 6.18 Å². The smallest absolute Gasteiger partial charge is 0.372 e. The van der Waals surface area contributed by atoms with Crippen LogP contribution in [0.25, 0.3) is 10.6 Å². The van der Waals surface area contributed by atoms with Crippen molar-refractivity contribution in [2.75, 3.05) is 7.11 Å². The van der Waals surface area contributed by atoms with E-state index in [1.807, 2.05) is 0 Å². The lowest BCUT2D eigenvalue weighted by molar-refractivity contribution is -0.137. The summed E-state index contributed by atoms with van der Waals surface area (Å²) in [6, 6.07) is 4.93. The highest BCUT2D eigenvalue weighted by molar-refractivity contribution is 7.13. The maximum Gasteiger partial charge on any atom is 0.416 e. The molecule has 1 aromatic heterocycles. The number of ether oxygens (including phenoxy) is 1. The van der Waals surface area contributed by atoms with Crippen molar-refractivity contribution >= 4 is 11.3 Å². The molecule has 0 saturated carbocycles. The molecule has 0 bridgehead atoms. The molecule has 0 atom stereocenters. The lowest BCUT2D eigenvalue weighted by atomic mass is 10.1. The van der Waals surface area contributed by atoms with Crippen LogP contribution in [0.4, 0.5) is 13.2 Å². The zero-order chi connectivity index (χ0) is 13.2. The lowest BCUT2D eigenvalue weighted by Crippen LogP contribution is -2.03. The standard InChI is InChI=1S/C12H9F3NOS/c1-17-6-10-7-18-11(16-10)8-2-4-9(5-3-8)12(13,14)15/h2-7H,1H3. The Kier molecular flexibility index (Phi) is 3.68. The fourth-order valence-electron chi connectivity index (χ4n) is 1.40. The van der Waals surface area contributed by atoms with E-state index in [1.165, 1.54) is 37.2 Å². The Balaban J connectivity index is 2.23. The SMILES string of the molecule is CO[CH]c1csc(-c2ccc(C(F)(F)F)cc2)n1. The summed E-state index contributed by atoms with van der Waals surface area (Å²) >= 11 is 1.35. The molecule has 0 fully saturated rings. The van der Waals surface area contributed by atoms with Crippen LogP contribution in [0, 0.1) is 6.61 Å². The van der Waals surface area contributed by atoms with Crippen LogP contribution in [0.5, 0.6) is 0 Å². The van der Waals surface area contributed by atoms with Gasteiger partial charge in [-0.2, -0.15) is 13.2 Å². The molecule has 95 valence electrons. The Labute approximate surface area is 106 Å². The van der Waals surface area contributed by atoms with E-state index in [0.29, 0.717) is 16.3 Å². The van der Waals surface area contributed by atoms with Gasteiger partial charge in [-0.25, -0.2) is 4.98 Å². The quantitative estimate of drug-likeness (QED) is 0.843. The zero-order valence-corrected chi connectivity index (χ0v) is 10.2. The van der Waals surface area contributed by atoms with Gasteiger partial charge in [0.15, 0.2) is 0 Å². The number of hydrogen-bond acceptors (Lipinski definition) is 3. The first-order chi connectivity index (χ1) is 8.50. The highest BCUT2D eigenvalue weighted by Gasteiger charge is 2.30. The molecule has 0 spiro atoms. The van der Waals surface area contributed by atoms with Crippen LogP contribution < -0.4 is 0 Å². The van der Waals surface area contributed by atoms with Gasteiger partial charge in [0.25, 0.3) is 0 Å². The van der Waals surface area contributed by atoms with E-state index in [2.05, 4.69) is 4.98 Å². The molecule has 0 aliphatic carbocycles. The Morgan fingerprint density at radius 3 is 2.44 bits per heavy atom. The largest absolute Gasteiger partial charge is 0.416 e. The number of alkyl halides is 3. The third kappa shape index (κ3) is 2.88. The Hall–Kier alpha value is -1.40. The second kappa shape index (κ2) is 5.07. The lowest BCUT2D eigenvalue weighted by Gasteiger charge is -2.06. The van der Waals surface area contributed by atoms with Gasteiger partial charge in [-0.1, -0.05) is 12.1 Å². The molecule has 0 saturated heterocycles.